The summed E-state index contributed by atoms with van der Waals surface area (Å²) in [7, 11) is 0. The van der Waals surface area contributed by atoms with Crippen LogP contribution in [0.1, 0.15) is 15.9 Å². The second-order valence-corrected chi connectivity index (χ2v) is 3.79. The molecule has 3 nitrogen and oxygen atoms in total. The molecule has 0 aliphatic carbocycles. The number of phenolic OH excluding ortho intramolecular Hbond substituents is 1. The molecule has 1 aromatic carbocycles. The van der Waals surface area contributed by atoms with Crippen molar-refractivity contribution in [1.29, 1.82) is 0 Å². The zero-order valence-corrected chi connectivity index (χ0v) is 10.0. The van der Waals surface area contributed by atoms with Crippen molar-refractivity contribution in [1.82, 2.24) is 4.90 Å². The maximum absolute atomic E-state index is 12.1. The van der Waals surface area contributed by atoms with Crippen molar-refractivity contribution < 1.29 is 9.90 Å². The predicted octanol–water partition coefficient (Wildman–Crippen LogP) is 2.51. The van der Waals surface area contributed by atoms with E-state index in [1.54, 1.807) is 36.1 Å². The van der Waals surface area contributed by atoms with Crippen molar-refractivity contribution in [3.8, 4) is 5.75 Å². The molecule has 1 aromatic rings. The molecule has 0 aliphatic rings. The Morgan fingerprint density at radius 1 is 1.35 bits per heavy atom. The predicted molar refractivity (Wildman–Crippen MR) is 69.1 cm³/mol. The molecule has 90 valence electrons. The van der Waals surface area contributed by atoms with Gasteiger partial charge in [0.05, 0.1) is 0 Å². The van der Waals surface area contributed by atoms with Crippen LogP contribution in [-0.4, -0.2) is 29.0 Å². The van der Waals surface area contributed by atoms with Gasteiger partial charge in [-0.25, -0.2) is 0 Å². The van der Waals surface area contributed by atoms with Gasteiger partial charge in [0.1, 0.15) is 5.75 Å². The number of hydrogen-bond acceptors (Lipinski definition) is 2. The van der Waals surface area contributed by atoms with Gasteiger partial charge >= 0.3 is 0 Å². The Balaban J connectivity index is 2.95. The minimum Gasteiger partial charge on any atom is -0.508 e. The quantitative estimate of drug-likeness (QED) is 0.791. The summed E-state index contributed by atoms with van der Waals surface area (Å²) in [5.74, 6) is -0.00638. The Bertz CT molecular complexity index is 428. The normalized spacial score (nSPS) is 9.71. The van der Waals surface area contributed by atoms with Crippen LogP contribution in [0.5, 0.6) is 5.75 Å². The van der Waals surface area contributed by atoms with Crippen LogP contribution < -0.4 is 0 Å². The Kier molecular flexibility index (Phi) is 4.52. The Morgan fingerprint density at radius 3 is 2.41 bits per heavy atom. The lowest BCUT2D eigenvalue weighted by atomic mass is 10.1. The number of rotatable bonds is 5. The lowest BCUT2D eigenvalue weighted by molar-refractivity contribution is 0.0790. The van der Waals surface area contributed by atoms with E-state index in [4.69, 9.17) is 0 Å². The largest absolute Gasteiger partial charge is 0.508 e. The van der Waals surface area contributed by atoms with Gasteiger partial charge in [0.2, 0.25) is 0 Å². The zero-order valence-electron chi connectivity index (χ0n) is 10.0. The molecule has 0 fully saturated rings. The molecule has 0 saturated carbocycles. The van der Waals surface area contributed by atoms with E-state index in [2.05, 4.69) is 13.2 Å². The third kappa shape index (κ3) is 3.21. The van der Waals surface area contributed by atoms with E-state index in [9.17, 15) is 9.90 Å². The molecule has 0 heterocycles. The van der Waals surface area contributed by atoms with Crippen molar-refractivity contribution in [3.05, 3.63) is 54.6 Å². The third-order valence-corrected chi connectivity index (χ3v) is 2.44. The maximum Gasteiger partial charge on any atom is 0.254 e. The highest BCUT2D eigenvalue weighted by Crippen LogP contribution is 2.18. The van der Waals surface area contributed by atoms with E-state index >= 15 is 0 Å². The van der Waals surface area contributed by atoms with Crippen LogP contribution in [0.15, 0.2) is 43.5 Å². The summed E-state index contributed by atoms with van der Waals surface area (Å²) < 4.78 is 0. The van der Waals surface area contributed by atoms with Crippen molar-refractivity contribution in [2.24, 2.45) is 0 Å². The number of phenols is 1. The molecule has 0 unspecified atom stereocenters. The fourth-order valence-corrected chi connectivity index (χ4v) is 1.48. The molecule has 0 aliphatic heterocycles. The summed E-state index contributed by atoms with van der Waals surface area (Å²) in [6.45, 7) is 9.93. The van der Waals surface area contributed by atoms with Crippen LogP contribution in [0.4, 0.5) is 0 Å². The summed E-state index contributed by atoms with van der Waals surface area (Å²) >= 11 is 0. The Hall–Kier alpha value is -2.03. The maximum atomic E-state index is 12.1. The first kappa shape index (κ1) is 13.0. The number of carbonyl (C=O) groups is 1. The van der Waals surface area contributed by atoms with Crippen molar-refractivity contribution in [2.45, 2.75) is 6.92 Å². The van der Waals surface area contributed by atoms with Gasteiger partial charge in [-0.3, -0.25) is 4.79 Å². The number of aromatic hydroxyl groups is 1. The minimum absolute atomic E-state index is 0.132. The molecule has 17 heavy (non-hydrogen) atoms. The van der Waals surface area contributed by atoms with E-state index in [-0.39, 0.29) is 11.7 Å². The summed E-state index contributed by atoms with van der Waals surface area (Å²) in [6, 6.07) is 4.91. The van der Waals surface area contributed by atoms with Crippen LogP contribution in [0, 0.1) is 6.92 Å². The summed E-state index contributed by atoms with van der Waals surface area (Å²) in [5.41, 5.74) is 1.22. The summed E-state index contributed by atoms with van der Waals surface area (Å²) in [4.78, 5) is 13.7. The highest BCUT2D eigenvalue weighted by molar-refractivity contribution is 5.94. The van der Waals surface area contributed by atoms with E-state index < -0.39 is 0 Å². The average Bonchev–Trinajstić information content (AvgIpc) is 2.31. The molecule has 1 amide bonds. The molecule has 0 atom stereocenters. The van der Waals surface area contributed by atoms with Crippen LogP contribution in [-0.2, 0) is 0 Å². The third-order valence-electron chi connectivity index (χ3n) is 2.44. The van der Waals surface area contributed by atoms with Gasteiger partial charge in [-0.1, -0.05) is 18.2 Å². The van der Waals surface area contributed by atoms with Gasteiger partial charge in [-0.2, -0.15) is 0 Å². The number of amides is 1. The number of hydrogen-bond donors (Lipinski definition) is 1. The molecule has 1 rings (SSSR count). The smallest absolute Gasteiger partial charge is 0.254 e. The van der Waals surface area contributed by atoms with E-state index in [0.717, 1.165) is 5.56 Å². The van der Waals surface area contributed by atoms with E-state index in [0.29, 0.717) is 18.7 Å². The first-order valence-electron chi connectivity index (χ1n) is 5.40. The second-order valence-electron chi connectivity index (χ2n) is 3.79. The zero-order chi connectivity index (χ0) is 12.8. The Labute approximate surface area is 102 Å². The monoisotopic (exact) mass is 231 g/mol. The van der Waals surface area contributed by atoms with Gasteiger partial charge in [-0.05, 0) is 24.6 Å². The van der Waals surface area contributed by atoms with Gasteiger partial charge < -0.3 is 10.0 Å². The molecular weight excluding hydrogens is 214 g/mol. The SMILES string of the molecule is C=CCN(CC=C)C(=O)c1ccc(C)c(O)c1. The van der Waals surface area contributed by atoms with Crippen molar-refractivity contribution in [2.75, 3.05) is 13.1 Å². The summed E-state index contributed by atoms with van der Waals surface area (Å²) in [5, 5.41) is 9.58. The van der Waals surface area contributed by atoms with Crippen molar-refractivity contribution in [3.63, 3.8) is 0 Å². The molecule has 1 N–H and O–H groups in total. The van der Waals surface area contributed by atoms with Crippen LogP contribution in [0.3, 0.4) is 0 Å². The Morgan fingerprint density at radius 2 is 1.94 bits per heavy atom. The fraction of sp³-hybridized carbons (Fsp3) is 0.214. The molecule has 0 saturated heterocycles. The highest BCUT2D eigenvalue weighted by Gasteiger charge is 2.14. The molecule has 0 radical (unpaired) electrons. The van der Waals surface area contributed by atoms with Crippen molar-refractivity contribution >= 4 is 5.91 Å². The fourth-order valence-electron chi connectivity index (χ4n) is 1.48. The number of nitrogens with zero attached hydrogens (tertiary/aromatic N) is 1. The van der Waals surface area contributed by atoms with Gasteiger partial charge in [0.25, 0.3) is 5.91 Å². The van der Waals surface area contributed by atoms with Crippen LogP contribution in [0.25, 0.3) is 0 Å². The lowest BCUT2D eigenvalue weighted by Crippen LogP contribution is -2.31. The minimum atomic E-state index is -0.139. The number of carbonyl (C=O) groups excluding carboxylic acids is 1. The average molecular weight is 231 g/mol. The molecule has 0 spiro atoms. The molecular formula is C14H17NO2. The summed E-state index contributed by atoms with van der Waals surface area (Å²) in [6.07, 6.45) is 3.32. The highest BCUT2D eigenvalue weighted by atomic mass is 16.3. The van der Waals surface area contributed by atoms with Gasteiger partial charge in [0, 0.05) is 18.7 Å². The number of benzene rings is 1. The van der Waals surface area contributed by atoms with E-state index in [1.165, 1.54) is 6.07 Å². The molecule has 0 aromatic heterocycles. The topological polar surface area (TPSA) is 40.5 Å². The van der Waals surface area contributed by atoms with Crippen LogP contribution in [0.2, 0.25) is 0 Å². The van der Waals surface area contributed by atoms with E-state index in [1.807, 2.05) is 0 Å². The number of aryl methyl sites for hydroxylation is 1. The second kappa shape index (κ2) is 5.89. The van der Waals surface area contributed by atoms with Gasteiger partial charge in [0.15, 0.2) is 0 Å². The molecule has 3 heteroatoms. The first-order valence-corrected chi connectivity index (χ1v) is 5.40. The first-order chi connectivity index (χ1) is 8.10. The molecule has 0 bridgehead atoms. The van der Waals surface area contributed by atoms with Gasteiger partial charge in [-0.15, -0.1) is 13.2 Å². The standard InChI is InChI=1S/C14H17NO2/c1-4-8-15(9-5-2)14(17)12-7-6-11(3)13(16)10-12/h4-7,10,16H,1-2,8-9H2,3H3. The lowest BCUT2D eigenvalue weighted by Gasteiger charge is -2.19. The van der Waals surface area contributed by atoms with Crippen LogP contribution >= 0.6 is 0 Å².